The van der Waals surface area contributed by atoms with E-state index in [0.717, 1.165) is 17.0 Å². The van der Waals surface area contributed by atoms with E-state index in [9.17, 15) is 0 Å². The molecule has 0 spiro atoms. The number of benzene rings is 1. The van der Waals surface area contributed by atoms with Crippen LogP contribution in [0.25, 0.3) is 11.3 Å². The fraction of sp³-hybridized carbons (Fsp3) is 0.250. The number of anilines is 1. The molecule has 0 radical (unpaired) electrons. The summed E-state index contributed by atoms with van der Waals surface area (Å²) in [6.07, 6.45) is 1.62. The molecule has 0 unspecified atom stereocenters. The highest BCUT2D eigenvalue weighted by Gasteiger charge is 2.05. The fourth-order valence-corrected chi connectivity index (χ4v) is 1.43. The first-order valence-electron chi connectivity index (χ1n) is 5.20. The van der Waals surface area contributed by atoms with Gasteiger partial charge in [0.15, 0.2) is 0 Å². The van der Waals surface area contributed by atoms with Crippen molar-refractivity contribution in [2.75, 3.05) is 19.0 Å². The summed E-state index contributed by atoms with van der Waals surface area (Å²) in [7, 11) is 1.77. The van der Waals surface area contributed by atoms with Crippen LogP contribution in [0.4, 0.5) is 6.01 Å². The zero-order valence-corrected chi connectivity index (χ0v) is 9.36. The fourth-order valence-electron chi connectivity index (χ4n) is 1.43. The maximum Gasteiger partial charge on any atom is 0.294 e. The zero-order chi connectivity index (χ0) is 11.4. The highest BCUT2D eigenvalue weighted by Crippen LogP contribution is 2.24. The lowest BCUT2D eigenvalue weighted by Gasteiger charge is -2.03. The summed E-state index contributed by atoms with van der Waals surface area (Å²) in [4.78, 5) is 4.27. The van der Waals surface area contributed by atoms with E-state index in [0.29, 0.717) is 12.6 Å². The van der Waals surface area contributed by atoms with Crippen LogP contribution in [0.2, 0.25) is 0 Å². The quantitative estimate of drug-likeness (QED) is 0.857. The van der Waals surface area contributed by atoms with Gasteiger partial charge in [-0.2, -0.15) is 4.98 Å². The minimum atomic E-state index is 0.511. The Morgan fingerprint density at radius 1 is 1.44 bits per heavy atom. The molecule has 2 aromatic rings. The predicted octanol–water partition coefficient (Wildman–Crippen LogP) is 2.78. The van der Waals surface area contributed by atoms with Gasteiger partial charge in [-0.1, -0.05) is 12.1 Å². The molecule has 1 aromatic heterocycles. The molecule has 0 fully saturated rings. The lowest BCUT2D eigenvalue weighted by molar-refractivity contribution is 0.340. The Morgan fingerprint density at radius 2 is 2.31 bits per heavy atom. The van der Waals surface area contributed by atoms with Crippen molar-refractivity contribution >= 4 is 6.01 Å². The van der Waals surface area contributed by atoms with Crippen molar-refractivity contribution < 1.29 is 9.15 Å². The van der Waals surface area contributed by atoms with Crippen molar-refractivity contribution in [3.05, 3.63) is 30.5 Å². The minimum Gasteiger partial charge on any atom is -0.494 e. The maximum absolute atomic E-state index is 5.43. The summed E-state index contributed by atoms with van der Waals surface area (Å²) >= 11 is 0. The summed E-state index contributed by atoms with van der Waals surface area (Å²) in [5.74, 6) is 0.842. The molecular weight excluding hydrogens is 204 g/mol. The Kier molecular flexibility index (Phi) is 3.10. The second kappa shape index (κ2) is 4.70. The third-order valence-corrected chi connectivity index (χ3v) is 2.16. The second-order valence-corrected chi connectivity index (χ2v) is 3.25. The zero-order valence-electron chi connectivity index (χ0n) is 9.36. The van der Waals surface area contributed by atoms with Gasteiger partial charge >= 0.3 is 0 Å². The average molecular weight is 218 g/mol. The van der Waals surface area contributed by atoms with Crippen LogP contribution in [0.5, 0.6) is 5.75 Å². The molecule has 0 saturated carbocycles. The number of oxazole rings is 1. The van der Waals surface area contributed by atoms with Gasteiger partial charge in [0.25, 0.3) is 6.01 Å². The monoisotopic (exact) mass is 218 g/mol. The summed E-state index contributed by atoms with van der Waals surface area (Å²) < 4.78 is 10.6. The van der Waals surface area contributed by atoms with Crippen molar-refractivity contribution in [2.45, 2.75) is 6.92 Å². The van der Waals surface area contributed by atoms with Crippen molar-refractivity contribution in [3.63, 3.8) is 0 Å². The number of hydrogen-bond acceptors (Lipinski definition) is 4. The van der Waals surface area contributed by atoms with Gasteiger partial charge in [-0.05, 0) is 19.1 Å². The van der Waals surface area contributed by atoms with Gasteiger partial charge in [-0.15, -0.1) is 0 Å². The third kappa shape index (κ3) is 2.16. The number of rotatable bonds is 4. The van der Waals surface area contributed by atoms with Crippen LogP contribution in [-0.4, -0.2) is 18.6 Å². The Bertz CT molecular complexity index is 466. The van der Waals surface area contributed by atoms with Crippen LogP contribution >= 0.6 is 0 Å². The molecule has 0 atom stereocenters. The largest absolute Gasteiger partial charge is 0.494 e. The third-order valence-electron chi connectivity index (χ3n) is 2.16. The first-order chi connectivity index (χ1) is 7.83. The molecule has 0 aliphatic carbocycles. The number of nitrogens with zero attached hydrogens (tertiary/aromatic N) is 1. The first-order valence-corrected chi connectivity index (χ1v) is 5.20. The Labute approximate surface area is 94.3 Å². The van der Waals surface area contributed by atoms with Crippen LogP contribution < -0.4 is 10.1 Å². The molecule has 4 nitrogen and oxygen atoms in total. The van der Waals surface area contributed by atoms with Gasteiger partial charge in [0, 0.05) is 12.6 Å². The number of hydrogen-bond donors (Lipinski definition) is 1. The molecule has 1 heterocycles. The molecule has 1 aromatic carbocycles. The maximum atomic E-state index is 5.43. The van der Waals surface area contributed by atoms with Gasteiger partial charge in [0.05, 0.1) is 6.61 Å². The van der Waals surface area contributed by atoms with Crippen LogP contribution in [-0.2, 0) is 0 Å². The van der Waals surface area contributed by atoms with E-state index in [1.807, 2.05) is 31.2 Å². The lowest BCUT2D eigenvalue weighted by atomic mass is 10.1. The van der Waals surface area contributed by atoms with Crippen LogP contribution in [0.1, 0.15) is 6.92 Å². The van der Waals surface area contributed by atoms with Gasteiger partial charge in [0.2, 0.25) is 0 Å². The SMILES string of the molecule is CCOc1cccc(-c2coc(NC)n2)c1. The van der Waals surface area contributed by atoms with E-state index in [2.05, 4.69) is 10.3 Å². The predicted molar refractivity (Wildman–Crippen MR) is 62.7 cm³/mol. The smallest absolute Gasteiger partial charge is 0.294 e. The van der Waals surface area contributed by atoms with E-state index in [-0.39, 0.29) is 0 Å². The highest BCUT2D eigenvalue weighted by molar-refractivity contribution is 5.61. The minimum absolute atomic E-state index is 0.511. The Morgan fingerprint density at radius 3 is 3.00 bits per heavy atom. The number of nitrogens with one attached hydrogen (secondary N) is 1. The topological polar surface area (TPSA) is 47.3 Å². The van der Waals surface area contributed by atoms with Gasteiger partial charge < -0.3 is 14.5 Å². The molecule has 0 bridgehead atoms. The van der Waals surface area contributed by atoms with Crippen LogP contribution in [0.3, 0.4) is 0 Å². The summed E-state index contributed by atoms with van der Waals surface area (Å²) in [6.45, 7) is 2.62. The van der Waals surface area contributed by atoms with Crippen LogP contribution in [0.15, 0.2) is 34.9 Å². The molecule has 0 aliphatic heterocycles. The molecule has 0 aliphatic rings. The summed E-state index contributed by atoms with van der Waals surface area (Å²) in [5, 5.41) is 2.85. The molecule has 4 heteroatoms. The molecule has 2 rings (SSSR count). The van der Waals surface area contributed by atoms with Crippen molar-refractivity contribution in [1.29, 1.82) is 0 Å². The van der Waals surface area contributed by atoms with E-state index in [1.54, 1.807) is 13.3 Å². The van der Waals surface area contributed by atoms with Crippen molar-refractivity contribution in [2.24, 2.45) is 0 Å². The molecule has 16 heavy (non-hydrogen) atoms. The number of aromatic nitrogens is 1. The van der Waals surface area contributed by atoms with E-state index < -0.39 is 0 Å². The molecule has 1 N–H and O–H groups in total. The molecular formula is C12H14N2O2. The summed E-state index contributed by atoms with van der Waals surface area (Å²) in [5.41, 5.74) is 1.78. The molecule has 84 valence electrons. The van der Waals surface area contributed by atoms with E-state index in [1.165, 1.54) is 0 Å². The highest BCUT2D eigenvalue weighted by atomic mass is 16.5. The van der Waals surface area contributed by atoms with Gasteiger partial charge in [0.1, 0.15) is 17.7 Å². The van der Waals surface area contributed by atoms with E-state index in [4.69, 9.17) is 9.15 Å². The van der Waals surface area contributed by atoms with Gasteiger partial charge in [-0.3, -0.25) is 0 Å². The lowest BCUT2D eigenvalue weighted by Crippen LogP contribution is -1.91. The average Bonchev–Trinajstić information content (AvgIpc) is 2.78. The summed E-state index contributed by atoms with van der Waals surface area (Å²) in [6, 6.07) is 8.29. The van der Waals surface area contributed by atoms with E-state index >= 15 is 0 Å². The molecule has 0 saturated heterocycles. The van der Waals surface area contributed by atoms with Crippen molar-refractivity contribution in [1.82, 2.24) is 4.98 Å². The second-order valence-electron chi connectivity index (χ2n) is 3.25. The Hall–Kier alpha value is -1.97. The first kappa shape index (κ1) is 10.5. The normalized spacial score (nSPS) is 10.1. The van der Waals surface area contributed by atoms with Gasteiger partial charge in [-0.25, -0.2) is 0 Å². The molecule has 0 amide bonds. The Balaban J connectivity index is 2.28. The van der Waals surface area contributed by atoms with Crippen molar-refractivity contribution in [3.8, 4) is 17.0 Å². The number of ether oxygens (including phenoxy) is 1. The standard InChI is InChI=1S/C12H14N2O2/c1-3-15-10-6-4-5-9(7-10)11-8-16-12(13-2)14-11/h4-8H,3H2,1-2H3,(H,13,14). The van der Waals surface area contributed by atoms with Crippen LogP contribution in [0, 0.1) is 0 Å².